The summed E-state index contributed by atoms with van der Waals surface area (Å²) in [4.78, 5) is 0. The van der Waals surface area contributed by atoms with Gasteiger partial charge in [0.25, 0.3) is 0 Å². The van der Waals surface area contributed by atoms with Gasteiger partial charge in [-0.15, -0.1) is 0 Å². The highest BCUT2D eigenvalue weighted by molar-refractivity contribution is 5.36. The van der Waals surface area contributed by atoms with Crippen molar-refractivity contribution in [1.82, 2.24) is 0 Å². The van der Waals surface area contributed by atoms with Gasteiger partial charge in [-0.3, -0.25) is 0 Å². The Morgan fingerprint density at radius 2 is 1.75 bits per heavy atom. The zero-order valence-electron chi connectivity index (χ0n) is 15.5. The zero-order chi connectivity index (χ0) is 20.9. The van der Waals surface area contributed by atoms with Crippen LogP contribution in [0.25, 0.3) is 0 Å². The molecule has 7 atom stereocenters. The van der Waals surface area contributed by atoms with E-state index >= 15 is 0 Å². The summed E-state index contributed by atoms with van der Waals surface area (Å²) in [5.74, 6) is 14.9. The lowest BCUT2D eigenvalue weighted by molar-refractivity contribution is -0.311. The lowest BCUT2D eigenvalue weighted by Gasteiger charge is -2.40. The molecule has 0 aromatic carbocycles. The van der Waals surface area contributed by atoms with Gasteiger partial charge in [-0.2, -0.15) is 0 Å². The SMILES string of the molecule is CC#CC#CC#CC(O)C(/C=C/CCCO)O[C@@H]1O[C@H](CO)[C@@H](O)[C@H](O)[C@H]1O. The third-order valence-corrected chi connectivity index (χ3v) is 3.84. The first-order chi connectivity index (χ1) is 13.5. The van der Waals surface area contributed by atoms with Crippen LogP contribution in [0.15, 0.2) is 12.2 Å². The second-order valence-electron chi connectivity index (χ2n) is 5.93. The molecule has 0 aromatic rings. The fourth-order valence-electron chi connectivity index (χ4n) is 2.32. The van der Waals surface area contributed by atoms with Gasteiger partial charge in [0.2, 0.25) is 0 Å². The Hall–Kier alpha value is -1.90. The van der Waals surface area contributed by atoms with E-state index in [4.69, 9.17) is 14.6 Å². The predicted octanol–water partition coefficient (Wildman–Crippen LogP) is -2.11. The highest BCUT2D eigenvalue weighted by Crippen LogP contribution is 2.23. The van der Waals surface area contributed by atoms with E-state index in [-0.39, 0.29) is 6.61 Å². The molecule has 0 spiro atoms. The molecule has 1 aliphatic heterocycles. The fraction of sp³-hybridized carbons (Fsp3) is 0.600. The van der Waals surface area contributed by atoms with Crippen molar-refractivity contribution in [1.29, 1.82) is 0 Å². The standard InChI is InChI=1S/C20H26O8/c1-2-3-4-5-7-10-14(23)15(11-8-6-9-12-21)27-20-19(26)18(25)17(24)16(13-22)28-20/h8,11,14-26H,6,9,12-13H2,1H3/b11-8+/t14?,15?,16-,17-,18+,19-,20-/m1/s1. The van der Waals surface area contributed by atoms with Gasteiger partial charge in [-0.05, 0) is 43.4 Å². The minimum Gasteiger partial charge on any atom is -0.396 e. The van der Waals surface area contributed by atoms with Crippen molar-refractivity contribution in [2.24, 2.45) is 0 Å². The monoisotopic (exact) mass is 394 g/mol. The van der Waals surface area contributed by atoms with E-state index in [1.807, 2.05) is 0 Å². The molecule has 0 aliphatic carbocycles. The lowest BCUT2D eigenvalue weighted by atomic mass is 9.99. The molecule has 0 bridgehead atoms. The van der Waals surface area contributed by atoms with Crippen molar-refractivity contribution in [3.63, 3.8) is 0 Å². The van der Waals surface area contributed by atoms with Crippen LogP contribution in [0.1, 0.15) is 19.8 Å². The van der Waals surface area contributed by atoms with Gasteiger partial charge in [-0.1, -0.05) is 24.0 Å². The van der Waals surface area contributed by atoms with Crippen LogP contribution in [0.5, 0.6) is 0 Å². The molecule has 1 heterocycles. The van der Waals surface area contributed by atoms with E-state index in [9.17, 15) is 25.5 Å². The number of aliphatic hydroxyl groups is 6. The molecule has 1 fully saturated rings. The van der Waals surface area contributed by atoms with Crippen LogP contribution >= 0.6 is 0 Å². The predicted molar refractivity (Wildman–Crippen MR) is 99.1 cm³/mol. The summed E-state index contributed by atoms with van der Waals surface area (Å²) >= 11 is 0. The smallest absolute Gasteiger partial charge is 0.187 e. The number of aliphatic hydroxyl groups excluding tert-OH is 6. The second kappa shape index (κ2) is 13.3. The van der Waals surface area contributed by atoms with Gasteiger partial charge in [0.05, 0.1) is 6.61 Å². The minimum atomic E-state index is -1.61. The minimum absolute atomic E-state index is 0.00100. The molecule has 0 aromatic heterocycles. The number of hydrogen-bond donors (Lipinski definition) is 6. The Morgan fingerprint density at radius 1 is 1.04 bits per heavy atom. The number of unbranched alkanes of at least 4 members (excludes halogenated alkanes) is 1. The van der Waals surface area contributed by atoms with Crippen LogP contribution in [0.4, 0.5) is 0 Å². The van der Waals surface area contributed by atoms with Crippen molar-refractivity contribution in [3.05, 3.63) is 12.2 Å². The van der Waals surface area contributed by atoms with Crippen molar-refractivity contribution in [2.45, 2.75) is 62.7 Å². The summed E-state index contributed by atoms with van der Waals surface area (Å²) in [6.45, 7) is 1.02. The van der Waals surface area contributed by atoms with E-state index in [1.54, 1.807) is 13.0 Å². The number of ether oxygens (including phenoxy) is 2. The molecule has 154 valence electrons. The molecular formula is C20H26O8. The maximum atomic E-state index is 10.3. The van der Waals surface area contributed by atoms with Gasteiger partial charge < -0.3 is 40.1 Å². The summed E-state index contributed by atoms with van der Waals surface area (Å²) in [6.07, 6.45) is -5.53. The van der Waals surface area contributed by atoms with Crippen LogP contribution in [0.3, 0.4) is 0 Å². The van der Waals surface area contributed by atoms with Crippen LogP contribution in [-0.2, 0) is 9.47 Å². The van der Waals surface area contributed by atoms with Gasteiger partial charge in [0.15, 0.2) is 6.29 Å². The van der Waals surface area contributed by atoms with Crippen LogP contribution in [0, 0.1) is 35.5 Å². The Morgan fingerprint density at radius 3 is 2.39 bits per heavy atom. The Labute approximate surface area is 164 Å². The third kappa shape index (κ3) is 7.61. The van der Waals surface area contributed by atoms with Crippen LogP contribution in [-0.4, -0.2) is 86.8 Å². The molecule has 6 N–H and O–H groups in total. The van der Waals surface area contributed by atoms with Crippen LogP contribution < -0.4 is 0 Å². The van der Waals surface area contributed by atoms with Gasteiger partial charge >= 0.3 is 0 Å². The molecule has 0 amide bonds. The first kappa shape index (κ1) is 24.1. The molecule has 0 radical (unpaired) electrons. The molecule has 1 rings (SSSR count). The highest BCUT2D eigenvalue weighted by Gasteiger charge is 2.45. The highest BCUT2D eigenvalue weighted by atomic mass is 16.7. The molecule has 2 unspecified atom stereocenters. The Kier molecular flexibility index (Phi) is 11.5. The van der Waals surface area contributed by atoms with E-state index in [0.717, 1.165) is 0 Å². The summed E-state index contributed by atoms with van der Waals surface area (Å²) in [7, 11) is 0. The molecule has 28 heavy (non-hydrogen) atoms. The van der Waals surface area contributed by atoms with Crippen LogP contribution in [0.2, 0.25) is 0 Å². The normalized spacial score (nSPS) is 28.9. The lowest BCUT2D eigenvalue weighted by Crippen LogP contribution is -2.60. The summed E-state index contributed by atoms with van der Waals surface area (Å²) in [6, 6.07) is 0. The van der Waals surface area contributed by atoms with Crippen molar-refractivity contribution >= 4 is 0 Å². The molecule has 1 aliphatic rings. The molecule has 0 saturated carbocycles. The summed E-state index contributed by atoms with van der Waals surface area (Å²) < 4.78 is 10.8. The molecule has 8 nitrogen and oxygen atoms in total. The van der Waals surface area contributed by atoms with E-state index < -0.39 is 49.5 Å². The molecular weight excluding hydrogens is 368 g/mol. The maximum absolute atomic E-state index is 10.3. The number of hydrogen-bond acceptors (Lipinski definition) is 8. The largest absolute Gasteiger partial charge is 0.396 e. The fourth-order valence-corrected chi connectivity index (χ4v) is 2.32. The summed E-state index contributed by atoms with van der Waals surface area (Å²) in [5, 5.41) is 58.1. The number of rotatable bonds is 8. The van der Waals surface area contributed by atoms with E-state index in [2.05, 4.69) is 35.5 Å². The van der Waals surface area contributed by atoms with E-state index in [0.29, 0.717) is 12.8 Å². The zero-order valence-corrected chi connectivity index (χ0v) is 15.5. The van der Waals surface area contributed by atoms with Crippen molar-refractivity contribution < 1.29 is 40.1 Å². The summed E-state index contributed by atoms with van der Waals surface area (Å²) in [5.41, 5.74) is 0. The number of allylic oxidation sites excluding steroid dienone is 1. The Bertz CT molecular complexity index is 670. The van der Waals surface area contributed by atoms with E-state index in [1.165, 1.54) is 6.08 Å². The van der Waals surface area contributed by atoms with Gasteiger partial charge in [0, 0.05) is 6.61 Å². The molecule has 8 heteroatoms. The quantitative estimate of drug-likeness (QED) is 0.156. The first-order valence-corrected chi connectivity index (χ1v) is 8.80. The average molecular weight is 394 g/mol. The topological polar surface area (TPSA) is 140 Å². The first-order valence-electron chi connectivity index (χ1n) is 8.80. The third-order valence-electron chi connectivity index (χ3n) is 3.84. The van der Waals surface area contributed by atoms with Crippen molar-refractivity contribution in [2.75, 3.05) is 13.2 Å². The van der Waals surface area contributed by atoms with Gasteiger partial charge in [-0.25, -0.2) is 0 Å². The molecule has 1 saturated heterocycles. The Balaban J connectivity index is 2.93. The van der Waals surface area contributed by atoms with Gasteiger partial charge in [0.1, 0.15) is 36.6 Å². The van der Waals surface area contributed by atoms with Crippen molar-refractivity contribution in [3.8, 4) is 35.5 Å². The maximum Gasteiger partial charge on any atom is 0.187 e. The average Bonchev–Trinajstić information content (AvgIpc) is 2.69. The second-order valence-corrected chi connectivity index (χ2v) is 5.93.